The molecule has 0 bridgehead atoms. The number of likely N-dealkylation sites (N-methyl/N-ethyl adjacent to an activating group) is 1. The fraction of sp³-hybridized carbons (Fsp3) is 0.440. The zero-order chi connectivity index (χ0) is 25.6. The molecule has 35 heavy (non-hydrogen) atoms. The number of fused-ring (bicyclic) bond motifs is 1. The molecule has 1 aliphatic carbocycles. The highest BCUT2D eigenvalue weighted by atomic mass is 32.2. The summed E-state index contributed by atoms with van der Waals surface area (Å²) < 4.78 is 74.4. The summed E-state index contributed by atoms with van der Waals surface area (Å²) >= 11 is 0. The van der Waals surface area contributed by atoms with Gasteiger partial charge in [-0.1, -0.05) is 23.8 Å². The number of halogens is 3. The summed E-state index contributed by atoms with van der Waals surface area (Å²) in [6.07, 6.45) is 6.92. The third-order valence-corrected chi connectivity index (χ3v) is 6.93. The van der Waals surface area contributed by atoms with Crippen molar-refractivity contribution in [3.63, 3.8) is 0 Å². The molecule has 2 aromatic carbocycles. The Morgan fingerprint density at radius 2 is 1.60 bits per heavy atom. The van der Waals surface area contributed by atoms with Crippen molar-refractivity contribution in [3.05, 3.63) is 58.7 Å². The highest BCUT2D eigenvalue weighted by molar-refractivity contribution is 7.88. The van der Waals surface area contributed by atoms with Crippen LogP contribution in [0, 0.1) is 0 Å². The number of alkyl halides is 3. The number of aryl methyl sites for hydroxylation is 1. The van der Waals surface area contributed by atoms with Crippen LogP contribution >= 0.6 is 0 Å². The number of hydrogen-bond donors (Lipinski definition) is 0. The zero-order valence-electron chi connectivity index (χ0n) is 20.0. The van der Waals surface area contributed by atoms with E-state index in [1.807, 2.05) is 19.2 Å². The minimum absolute atomic E-state index is 0.363. The molecule has 0 saturated heterocycles. The van der Waals surface area contributed by atoms with E-state index in [2.05, 4.69) is 15.2 Å². The number of benzene rings is 2. The molecule has 0 radical (unpaired) electrons. The molecule has 0 fully saturated rings. The lowest BCUT2D eigenvalue weighted by molar-refractivity contribution is -0.0500. The molecule has 0 aliphatic heterocycles. The van der Waals surface area contributed by atoms with E-state index in [-0.39, 0.29) is 5.75 Å². The molecule has 0 unspecified atom stereocenters. The molecule has 0 atom stereocenters. The van der Waals surface area contributed by atoms with Gasteiger partial charge in [0, 0.05) is 6.54 Å². The Hall–Kier alpha value is -2.72. The number of ether oxygens (including phenoxy) is 2. The van der Waals surface area contributed by atoms with Gasteiger partial charge in [-0.2, -0.15) is 21.6 Å². The predicted molar refractivity (Wildman–Crippen MR) is 128 cm³/mol. The minimum atomic E-state index is -5.66. The summed E-state index contributed by atoms with van der Waals surface area (Å²) in [5, 5.41) is 0. The third kappa shape index (κ3) is 7.14. The summed E-state index contributed by atoms with van der Waals surface area (Å²) in [4.78, 5) is 2.20. The van der Waals surface area contributed by atoms with Gasteiger partial charge in [-0.3, -0.25) is 0 Å². The number of rotatable bonds is 11. The van der Waals surface area contributed by atoms with E-state index in [1.165, 1.54) is 28.8 Å². The second-order valence-corrected chi connectivity index (χ2v) is 10.0. The summed E-state index contributed by atoms with van der Waals surface area (Å²) in [6, 6.07) is 9.68. The van der Waals surface area contributed by atoms with Gasteiger partial charge in [0.1, 0.15) is 5.75 Å². The molecule has 0 saturated carbocycles. The summed E-state index contributed by atoms with van der Waals surface area (Å²) in [6.45, 7) is 1.67. The van der Waals surface area contributed by atoms with E-state index >= 15 is 0 Å². The molecule has 10 heteroatoms. The van der Waals surface area contributed by atoms with Gasteiger partial charge in [0.15, 0.2) is 11.5 Å². The molecule has 0 heterocycles. The van der Waals surface area contributed by atoms with Crippen molar-refractivity contribution in [1.29, 1.82) is 0 Å². The number of methoxy groups -OCH3 is 2. The van der Waals surface area contributed by atoms with Crippen LogP contribution in [0.25, 0.3) is 6.08 Å². The van der Waals surface area contributed by atoms with Gasteiger partial charge in [0.05, 0.1) is 14.2 Å². The van der Waals surface area contributed by atoms with Crippen LogP contribution in [-0.4, -0.2) is 53.2 Å². The topological polar surface area (TPSA) is 65.1 Å². The Balaban J connectivity index is 1.45. The normalized spacial score (nSPS) is 13.9. The average Bonchev–Trinajstić information content (AvgIpc) is 2.81. The lowest BCUT2D eigenvalue weighted by Crippen LogP contribution is -2.28. The lowest BCUT2D eigenvalue weighted by Gasteiger charge is -2.20. The highest BCUT2D eigenvalue weighted by Gasteiger charge is 2.48. The zero-order valence-corrected chi connectivity index (χ0v) is 20.8. The molecule has 2 aromatic rings. The highest BCUT2D eigenvalue weighted by Crippen LogP contribution is 2.35. The SMILES string of the molecule is COc1cc2c(cc1OC)CCC(CCCN(C)CCc1ccc(OS(=O)(=O)C(F)(F)F)cc1)=C2. The smallest absolute Gasteiger partial charge is 0.493 e. The molecule has 0 N–H and O–H groups in total. The van der Waals surface area contributed by atoms with E-state index in [0.29, 0.717) is 6.42 Å². The van der Waals surface area contributed by atoms with Gasteiger partial charge in [0.2, 0.25) is 0 Å². The van der Waals surface area contributed by atoms with Gasteiger partial charge in [-0.15, -0.1) is 0 Å². The number of hydrogen-bond acceptors (Lipinski definition) is 6. The van der Waals surface area contributed by atoms with Gasteiger partial charge in [-0.25, -0.2) is 0 Å². The summed E-state index contributed by atoms with van der Waals surface area (Å²) in [5.74, 6) is 1.11. The Kier molecular flexibility index (Phi) is 8.71. The Morgan fingerprint density at radius 3 is 2.23 bits per heavy atom. The molecule has 0 amide bonds. The van der Waals surface area contributed by atoms with E-state index in [1.54, 1.807) is 26.4 Å². The first-order valence-corrected chi connectivity index (χ1v) is 12.7. The molecular formula is C25H30F3NO5S. The quantitative estimate of drug-likeness (QED) is 0.303. The maximum atomic E-state index is 12.4. The molecule has 1 aliphatic rings. The largest absolute Gasteiger partial charge is 0.534 e. The van der Waals surface area contributed by atoms with Crippen LogP contribution in [-0.2, 0) is 23.0 Å². The first kappa shape index (κ1) is 26.9. The maximum Gasteiger partial charge on any atom is 0.534 e. The molecule has 0 aromatic heterocycles. The fourth-order valence-electron chi connectivity index (χ4n) is 3.97. The first-order valence-electron chi connectivity index (χ1n) is 11.2. The number of nitrogens with zero attached hydrogens (tertiary/aromatic N) is 1. The summed E-state index contributed by atoms with van der Waals surface area (Å²) in [5.41, 5.74) is -0.734. The van der Waals surface area contributed by atoms with Crippen molar-refractivity contribution in [2.45, 2.75) is 37.6 Å². The van der Waals surface area contributed by atoms with Crippen LogP contribution in [0.4, 0.5) is 13.2 Å². The first-order chi connectivity index (χ1) is 16.5. The van der Waals surface area contributed by atoms with Crippen LogP contribution in [0.2, 0.25) is 0 Å². The van der Waals surface area contributed by atoms with Gasteiger partial charge >= 0.3 is 15.6 Å². The van der Waals surface area contributed by atoms with E-state index < -0.39 is 15.6 Å². The van der Waals surface area contributed by atoms with Crippen molar-refractivity contribution in [3.8, 4) is 17.2 Å². The summed E-state index contributed by atoms with van der Waals surface area (Å²) in [7, 11) is -0.363. The second-order valence-electron chi connectivity index (χ2n) is 8.49. The maximum absolute atomic E-state index is 12.4. The van der Waals surface area contributed by atoms with Crippen LogP contribution < -0.4 is 13.7 Å². The predicted octanol–water partition coefficient (Wildman–Crippen LogP) is 5.22. The standard InChI is InChI=1S/C25H30F3NO5S/c1-29(14-12-18-7-10-22(11-8-18)34-35(30,31)25(26,27)28)13-4-5-19-6-9-20-16-23(32-2)24(33-3)17-21(20)15-19/h7-8,10-11,15-17H,4-6,9,12-14H2,1-3H3. The van der Waals surface area contributed by atoms with Gasteiger partial charge < -0.3 is 18.6 Å². The van der Waals surface area contributed by atoms with Gasteiger partial charge in [0.25, 0.3) is 0 Å². The van der Waals surface area contributed by atoms with Crippen molar-refractivity contribution < 1.29 is 35.2 Å². The average molecular weight is 514 g/mol. The van der Waals surface area contributed by atoms with E-state index in [0.717, 1.165) is 55.8 Å². The Labute approximate surface area is 204 Å². The number of allylic oxidation sites excluding steroid dienone is 1. The molecule has 192 valence electrons. The Morgan fingerprint density at radius 1 is 0.943 bits per heavy atom. The van der Waals surface area contributed by atoms with Crippen molar-refractivity contribution in [2.75, 3.05) is 34.4 Å². The van der Waals surface area contributed by atoms with Crippen LogP contribution in [0.15, 0.2) is 42.0 Å². The van der Waals surface area contributed by atoms with Crippen LogP contribution in [0.3, 0.4) is 0 Å². The Bertz CT molecular complexity index is 1140. The fourth-order valence-corrected chi connectivity index (χ4v) is 4.42. The van der Waals surface area contributed by atoms with Crippen LogP contribution in [0.1, 0.15) is 36.0 Å². The van der Waals surface area contributed by atoms with Crippen molar-refractivity contribution >= 4 is 16.2 Å². The van der Waals surface area contributed by atoms with Crippen molar-refractivity contribution in [1.82, 2.24) is 4.90 Å². The van der Waals surface area contributed by atoms with Crippen molar-refractivity contribution in [2.24, 2.45) is 0 Å². The minimum Gasteiger partial charge on any atom is -0.493 e. The van der Waals surface area contributed by atoms with E-state index in [4.69, 9.17) is 9.47 Å². The third-order valence-electron chi connectivity index (χ3n) is 5.95. The lowest BCUT2D eigenvalue weighted by atomic mass is 9.89. The molecule has 3 rings (SSSR count). The molecule has 6 nitrogen and oxygen atoms in total. The van der Waals surface area contributed by atoms with Crippen LogP contribution in [0.5, 0.6) is 17.2 Å². The van der Waals surface area contributed by atoms with E-state index in [9.17, 15) is 21.6 Å². The van der Waals surface area contributed by atoms with Gasteiger partial charge in [-0.05, 0) is 86.7 Å². The molecule has 0 spiro atoms. The second kappa shape index (κ2) is 11.3. The molecular weight excluding hydrogens is 483 g/mol. The monoisotopic (exact) mass is 513 g/mol.